The number of aliphatic hydroxyl groups is 2. The van der Waals surface area contributed by atoms with Gasteiger partial charge in [-0.05, 0) is 12.8 Å². The highest BCUT2D eigenvalue weighted by atomic mass is 31.2. The first-order valence-corrected chi connectivity index (χ1v) is 22.5. The molecular weight excluding hydrogens is 671 g/mol. The van der Waals surface area contributed by atoms with E-state index < -0.39 is 51.8 Å². The molecule has 0 saturated heterocycles. The van der Waals surface area contributed by atoms with Crippen LogP contribution in [0.5, 0.6) is 0 Å². The van der Waals surface area contributed by atoms with Crippen LogP contribution in [-0.4, -0.2) is 65.7 Å². The van der Waals surface area contributed by atoms with Crippen molar-refractivity contribution in [3.63, 3.8) is 0 Å². The summed E-state index contributed by atoms with van der Waals surface area (Å²) in [5, 5.41) is 18.1. The molecule has 1 unspecified atom stereocenters. The van der Waals surface area contributed by atoms with E-state index in [0.29, 0.717) is 12.8 Å². The van der Waals surface area contributed by atoms with E-state index in [4.69, 9.17) is 19.1 Å². The van der Waals surface area contributed by atoms with Gasteiger partial charge in [-0.2, -0.15) is 0 Å². The first-order valence-electron chi connectivity index (χ1n) is 21.0. The molecule has 0 aromatic heterocycles. The summed E-state index contributed by atoms with van der Waals surface area (Å²) in [5.74, 6) is -0.974. The molecule has 0 fully saturated rings. The molecule has 10 nitrogen and oxygen atoms in total. The Morgan fingerprint density at radius 1 is 0.510 bits per heavy atom. The van der Waals surface area contributed by atoms with Crippen molar-refractivity contribution >= 4 is 19.8 Å². The minimum absolute atomic E-state index is 0.139. The standard InChI is InChI=1S/C40H79O10P/c1-3-5-6-7-8-9-10-11-12-13-14-15-16-17-18-19-20-21-22-23-24-25-26-27-28-29-30-32-39(43)47-35-38(50-40(44)31-4-2)36-49-51(45,46)48-34-37(42)33-41/h37-38,41-42H,3-36H2,1-2H3,(H,45,46)/t37-,38+/m0/s1. The van der Waals surface area contributed by atoms with Crippen LogP contribution < -0.4 is 0 Å². The lowest BCUT2D eigenvalue weighted by atomic mass is 10.0. The van der Waals surface area contributed by atoms with Crippen LogP contribution in [-0.2, 0) is 32.7 Å². The zero-order chi connectivity index (χ0) is 37.7. The van der Waals surface area contributed by atoms with Gasteiger partial charge in [0, 0.05) is 12.8 Å². The number of carbonyl (C=O) groups is 2. The van der Waals surface area contributed by atoms with Gasteiger partial charge in [-0.3, -0.25) is 18.6 Å². The van der Waals surface area contributed by atoms with Crippen LogP contribution in [0.4, 0.5) is 0 Å². The summed E-state index contributed by atoms with van der Waals surface area (Å²) in [6.07, 6.45) is 34.5. The third kappa shape index (κ3) is 37.1. The molecular formula is C40H79O10P. The molecule has 3 N–H and O–H groups in total. The van der Waals surface area contributed by atoms with Gasteiger partial charge < -0.3 is 24.6 Å². The van der Waals surface area contributed by atoms with Crippen molar-refractivity contribution in [2.24, 2.45) is 0 Å². The molecule has 304 valence electrons. The van der Waals surface area contributed by atoms with E-state index in [0.717, 1.165) is 12.8 Å². The maximum Gasteiger partial charge on any atom is 0.472 e. The molecule has 51 heavy (non-hydrogen) atoms. The molecule has 0 heterocycles. The van der Waals surface area contributed by atoms with Crippen molar-refractivity contribution in [2.75, 3.05) is 26.4 Å². The van der Waals surface area contributed by atoms with Crippen LogP contribution in [0.15, 0.2) is 0 Å². The van der Waals surface area contributed by atoms with Gasteiger partial charge in [0.1, 0.15) is 12.7 Å². The Balaban J connectivity index is 3.65. The number of esters is 2. The van der Waals surface area contributed by atoms with E-state index in [1.807, 2.05) is 0 Å². The Hall–Kier alpha value is -1.03. The monoisotopic (exact) mass is 751 g/mol. The lowest BCUT2D eigenvalue weighted by molar-refractivity contribution is -0.161. The van der Waals surface area contributed by atoms with Gasteiger partial charge in [0.15, 0.2) is 6.10 Å². The number of ether oxygens (including phenoxy) is 2. The summed E-state index contributed by atoms with van der Waals surface area (Å²) in [7, 11) is -4.58. The van der Waals surface area contributed by atoms with E-state index >= 15 is 0 Å². The Labute approximate surface area is 312 Å². The highest BCUT2D eigenvalue weighted by molar-refractivity contribution is 7.47. The van der Waals surface area contributed by atoms with Crippen molar-refractivity contribution in [3.8, 4) is 0 Å². The second kappa shape index (κ2) is 37.3. The Morgan fingerprint density at radius 2 is 0.882 bits per heavy atom. The number of hydrogen-bond acceptors (Lipinski definition) is 9. The summed E-state index contributed by atoms with van der Waals surface area (Å²) >= 11 is 0. The quantitative estimate of drug-likeness (QED) is 0.0314. The molecule has 0 spiro atoms. The van der Waals surface area contributed by atoms with Crippen LogP contribution in [0.25, 0.3) is 0 Å². The van der Waals surface area contributed by atoms with Crippen molar-refractivity contribution in [2.45, 2.75) is 219 Å². The Morgan fingerprint density at radius 3 is 1.25 bits per heavy atom. The third-order valence-corrected chi connectivity index (χ3v) is 10.2. The van der Waals surface area contributed by atoms with Gasteiger partial charge >= 0.3 is 19.8 Å². The molecule has 0 aromatic carbocycles. The molecule has 0 rings (SSSR count). The van der Waals surface area contributed by atoms with Crippen LogP contribution in [0.2, 0.25) is 0 Å². The molecule has 0 aliphatic rings. The summed E-state index contributed by atoms with van der Waals surface area (Å²) in [5.41, 5.74) is 0. The Kier molecular flexibility index (Phi) is 36.5. The number of carbonyl (C=O) groups excluding carboxylic acids is 2. The van der Waals surface area contributed by atoms with Crippen molar-refractivity contribution < 1.29 is 47.8 Å². The average molecular weight is 751 g/mol. The van der Waals surface area contributed by atoms with Crippen molar-refractivity contribution in [3.05, 3.63) is 0 Å². The zero-order valence-electron chi connectivity index (χ0n) is 32.8. The molecule has 0 amide bonds. The van der Waals surface area contributed by atoms with Crippen LogP contribution in [0.1, 0.15) is 206 Å². The number of aliphatic hydroxyl groups excluding tert-OH is 2. The largest absolute Gasteiger partial charge is 0.472 e. The van der Waals surface area contributed by atoms with Gasteiger partial charge in [-0.15, -0.1) is 0 Å². The maximum absolute atomic E-state index is 12.2. The van der Waals surface area contributed by atoms with Crippen LogP contribution >= 0.6 is 7.82 Å². The smallest absolute Gasteiger partial charge is 0.462 e. The average Bonchev–Trinajstić information content (AvgIpc) is 3.11. The maximum atomic E-state index is 12.2. The number of phosphoric acid groups is 1. The summed E-state index contributed by atoms with van der Waals surface area (Å²) < 4.78 is 31.9. The fourth-order valence-electron chi connectivity index (χ4n) is 6.03. The van der Waals surface area contributed by atoms with E-state index in [1.54, 1.807) is 6.92 Å². The minimum atomic E-state index is -4.58. The normalized spacial score (nSPS) is 13.9. The van der Waals surface area contributed by atoms with Crippen molar-refractivity contribution in [1.82, 2.24) is 0 Å². The van der Waals surface area contributed by atoms with Crippen LogP contribution in [0.3, 0.4) is 0 Å². The minimum Gasteiger partial charge on any atom is -0.462 e. The second-order valence-corrected chi connectivity index (χ2v) is 15.8. The molecule has 3 atom stereocenters. The Bertz CT molecular complexity index is 827. The molecule has 0 bridgehead atoms. The predicted octanol–water partition coefficient (Wildman–Crippen LogP) is 10.7. The highest BCUT2D eigenvalue weighted by Crippen LogP contribution is 2.43. The van der Waals surface area contributed by atoms with Crippen LogP contribution in [0, 0.1) is 0 Å². The number of phosphoric ester groups is 1. The fraction of sp³-hybridized carbons (Fsp3) is 0.950. The van der Waals surface area contributed by atoms with E-state index in [-0.39, 0.29) is 19.4 Å². The molecule has 0 aliphatic carbocycles. The first-order chi connectivity index (χ1) is 24.7. The SMILES string of the molecule is CCCCCCCCCCCCCCCCCCCCCCCCCCCCCC(=O)OC[C@H](COP(=O)(O)OC[C@@H](O)CO)OC(=O)CCC. The summed E-state index contributed by atoms with van der Waals surface area (Å²) in [6.45, 7) is 1.98. The van der Waals surface area contributed by atoms with Gasteiger partial charge in [-0.1, -0.05) is 181 Å². The topological polar surface area (TPSA) is 149 Å². The predicted molar refractivity (Wildman–Crippen MR) is 206 cm³/mol. The number of unbranched alkanes of at least 4 members (excludes halogenated alkanes) is 26. The molecule has 11 heteroatoms. The van der Waals surface area contributed by atoms with Gasteiger partial charge in [0.25, 0.3) is 0 Å². The van der Waals surface area contributed by atoms with Crippen molar-refractivity contribution in [1.29, 1.82) is 0 Å². The number of rotatable bonds is 40. The van der Waals surface area contributed by atoms with E-state index in [2.05, 4.69) is 11.4 Å². The van der Waals surface area contributed by atoms with Gasteiger partial charge in [0.05, 0.1) is 19.8 Å². The highest BCUT2D eigenvalue weighted by Gasteiger charge is 2.27. The number of hydrogen-bond donors (Lipinski definition) is 3. The van der Waals surface area contributed by atoms with E-state index in [9.17, 15) is 24.2 Å². The first kappa shape index (κ1) is 50.0. The zero-order valence-corrected chi connectivity index (χ0v) is 33.7. The molecule has 0 aromatic rings. The third-order valence-electron chi connectivity index (χ3n) is 9.23. The lowest BCUT2D eigenvalue weighted by Gasteiger charge is -2.20. The van der Waals surface area contributed by atoms with Gasteiger partial charge in [0.2, 0.25) is 0 Å². The molecule has 0 aliphatic heterocycles. The fourth-order valence-corrected chi connectivity index (χ4v) is 6.82. The lowest BCUT2D eigenvalue weighted by Crippen LogP contribution is -2.29. The summed E-state index contributed by atoms with van der Waals surface area (Å²) in [6, 6.07) is 0. The second-order valence-electron chi connectivity index (χ2n) is 14.4. The van der Waals surface area contributed by atoms with Gasteiger partial charge in [-0.25, -0.2) is 4.57 Å². The molecule has 0 radical (unpaired) electrons. The van der Waals surface area contributed by atoms with E-state index in [1.165, 1.54) is 154 Å². The summed E-state index contributed by atoms with van der Waals surface area (Å²) in [4.78, 5) is 33.9. The molecule has 0 saturated carbocycles.